The van der Waals surface area contributed by atoms with Crippen molar-refractivity contribution < 1.29 is 14.3 Å². The van der Waals surface area contributed by atoms with Gasteiger partial charge in [-0.25, -0.2) is 4.79 Å². The Morgan fingerprint density at radius 1 is 1.00 bits per heavy atom. The van der Waals surface area contributed by atoms with E-state index in [0.717, 1.165) is 5.56 Å². The first kappa shape index (κ1) is 12.4. The van der Waals surface area contributed by atoms with Gasteiger partial charge in [-0.05, 0) is 39.2 Å². The molecule has 21 heavy (non-hydrogen) atoms. The van der Waals surface area contributed by atoms with Gasteiger partial charge in [0.2, 0.25) is 0 Å². The number of fused-ring (bicyclic) bond motifs is 2. The summed E-state index contributed by atoms with van der Waals surface area (Å²) in [6, 6.07) is 18.8. The van der Waals surface area contributed by atoms with E-state index in [2.05, 4.69) is 30.3 Å². The number of hydrogen-bond donors (Lipinski definition) is 0. The van der Waals surface area contributed by atoms with Crippen LogP contribution in [-0.4, -0.2) is 18.7 Å². The second-order valence-electron chi connectivity index (χ2n) is 5.27. The maximum atomic E-state index is 11.1. The molecular formula is C18H14O3. The van der Waals surface area contributed by atoms with E-state index in [1.54, 1.807) is 0 Å². The molecule has 1 unspecified atom stereocenters. The highest BCUT2D eigenvalue weighted by Crippen LogP contribution is 2.26. The average molecular weight is 278 g/mol. The molecule has 1 aliphatic heterocycles. The molecule has 0 aliphatic carbocycles. The predicted molar refractivity (Wildman–Crippen MR) is 81.0 cm³/mol. The average Bonchev–Trinajstić information content (AvgIpc) is 2.52. The lowest BCUT2D eigenvalue weighted by atomic mass is 10.00. The summed E-state index contributed by atoms with van der Waals surface area (Å²) in [7, 11) is 0. The summed E-state index contributed by atoms with van der Waals surface area (Å²) < 4.78 is 10.3. The summed E-state index contributed by atoms with van der Waals surface area (Å²) in [4.78, 5) is 11.1. The van der Waals surface area contributed by atoms with Crippen LogP contribution in [0.5, 0.6) is 0 Å². The third-order valence-corrected chi connectivity index (χ3v) is 3.92. The van der Waals surface area contributed by atoms with Crippen molar-refractivity contribution in [3.63, 3.8) is 0 Å². The molecule has 1 atom stereocenters. The van der Waals surface area contributed by atoms with E-state index in [4.69, 9.17) is 9.47 Å². The number of carbonyl (C=O) groups is 1. The number of ether oxygens (including phenoxy) is 2. The Balaban J connectivity index is 1.73. The fraction of sp³-hybridized carbons (Fsp3) is 0.167. The van der Waals surface area contributed by atoms with Crippen molar-refractivity contribution >= 4 is 27.5 Å². The van der Waals surface area contributed by atoms with Crippen LogP contribution in [0, 0.1) is 0 Å². The largest absolute Gasteiger partial charge is 0.460 e. The molecule has 0 spiro atoms. The molecule has 3 aromatic carbocycles. The molecule has 0 aromatic heterocycles. The molecule has 0 amide bonds. The van der Waals surface area contributed by atoms with E-state index >= 15 is 0 Å². The zero-order chi connectivity index (χ0) is 14.2. The van der Waals surface area contributed by atoms with Crippen LogP contribution in [0.15, 0.2) is 54.6 Å². The van der Waals surface area contributed by atoms with Gasteiger partial charge in [-0.2, -0.15) is 0 Å². The molecule has 0 bridgehead atoms. The highest BCUT2D eigenvalue weighted by molar-refractivity contribution is 5.99. The molecule has 4 rings (SSSR count). The van der Waals surface area contributed by atoms with Gasteiger partial charge >= 0.3 is 5.97 Å². The maximum Gasteiger partial charge on any atom is 0.338 e. The highest BCUT2D eigenvalue weighted by Gasteiger charge is 2.31. The number of benzene rings is 3. The Morgan fingerprint density at radius 2 is 1.76 bits per heavy atom. The monoisotopic (exact) mass is 278 g/mol. The first-order chi connectivity index (χ1) is 10.3. The van der Waals surface area contributed by atoms with Crippen LogP contribution in [-0.2, 0) is 20.9 Å². The van der Waals surface area contributed by atoms with Crippen molar-refractivity contribution in [2.75, 3.05) is 6.61 Å². The van der Waals surface area contributed by atoms with Crippen molar-refractivity contribution in [3.8, 4) is 0 Å². The molecular weight excluding hydrogens is 264 g/mol. The summed E-state index contributed by atoms with van der Waals surface area (Å²) >= 11 is 0. The standard InChI is InChI=1S/C18H14O3/c19-18-17(11-21-18)20-10-15-7-3-6-14-8-12-4-1-2-5-13(12)9-16(14)15/h1-9,17H,10-11H2. The van der Waals surface area contributed by atoms with Crippen LogP contribution in [0.3, 0.4) is 0 Å². The van der Waals surface area contributed by atoms with E-state index in [1.807, 2.05) is 24.3 Å². The molecule has 1 heterocycles. The van der Waals surface area contributed by atoms with Gasteiger partial charge in [-0.1, -0.05) is 42.5 Å². The van der Waals surface area contributed by atoms with Gasteiger partial charge in [0.15, 0.2) is 6.10 Å². The van der Waals surface area contributed by atoms with Crippen molar-refractivity contribution in [1.29, 1.82) is 0 Å². The quantitative estimate of drug-likeness (QED) is 0.544. The second-order valence-corrected chi connectivity index (χ2v) is 5.27. The predicted octanol–water partition coefficient (Wildman–Crippen LogP) is 3.44. The number of carbonyl (C=O) groups excluding carboxylic acids is 1. The minimum Gasteiger partial charge on any atom is -0.460 e. The first-order valence-corrected chi connectivity index (χ1v) is 7.00. The van der Waals surface area contributed by atoms with Crippen LogP contribution in [0.2, 0.25) is 0 Å². The summed E-state index contributed by atoms with van der Waals surface area (Å²) in [6.07, 6.45) is -0.402. The topological polar surface area (TPSA) is 35.5 Å². The summed E-state index contributed by atoms with van der Waals surface area (Å²) in [5, 5.41) is 4.79. The van der Waals surface area contributed by atoms with Gasteiger partial charge in [-0.15, -0.1) is 0 Å². The second kappa shape index (κ2) is 4.86. The third-order valence-electron chi connectivity index (χ3n) is 3.92. The van der Waals surface area contributed by atoms with E-state index in [-0.39, 0.29) is 5.97 Å². The van der Waals surface area contributed by atoms with Crippen molar-refractivity contribution in [2.24, 2.45) is 0 Å². The fourth-order valence-electron chi connectivity index (χ4n) is 2.68. The Hall–Kier alpha value is -2.39. The highest BCUT2D eigenvalue weighted by atomic mass is 16.6. The number of rotatable bonds is 3. The van der Waals surface area contributed by atoms with Crippen molar-refractivity contribution in [2.45, 2.75) is 12.7 Å². The zero-order valence-electron chi connectivity index (χ0n) is 11.4. The summed E-state index contributed by atoms with van der Waals surface area (Å²) in [5.74, 6) is -0.263. The molecule has 3 nitrogen and oxygen atoms in total. The molecule has 104 valence electrons. The summed E-state index contributed by atoms with van der Waals surface area (Å²) in [5.41, 5.74) is 1.10. The van der Waals surface area contributed by atoms with Gasteiger partial charge < -0.3 is 9.47 Å². The Kier molecular flexibility index (Phi) is 2.86. The lowest BCUT2D eigenvalue weighted by molar-refractivity contribution is -0.187. The van der Waals surface area contributed by atoms with Crippen molar-refractivity contribution in [3.05, 3.63) is 60.2 Å². The SMILES string of the molecule is O=C1OCC1OCc1cccc2cc3ccccc3cc12. The van der Waals surface area contributed by atoms with Gasteiger partial charge in [0.25, 0.3) is 0 Å². The van der Waals surface area contributed by atoms with E-state index in [1.165, 1.54) is 21.5 Å². The number of hydrogen-bond acceptors (Lipinski definition) is 3. The first-order valence-electron chi connectivity index (χ1n) is 7.00. The number of cyclic esters (lactones) is 1. The van der Waals surface area contributed by atoms with Gasteiger partial charge in [0, 0.05) is 0 Å². The molecule has 0 radical (unpaired) electrons. The minimum atomic E-state index is -0.402. The van der Waals surface area contributed by atoms with Gasteiger partial charge in [0.1, 0.15) is 6.61 Å². The van der Waals surface area contributed by atoms with E-state index in [0.29, 0.717) is 13.2 Å². The lowest BCUT2D eigenvalue weighted by Gasteiger charge is -2.24. The Labute approximate surface area is 122 Å². The minimum absolute atomic E-state index is 0.263. The normalized spacial score (nSPS) is 17.7. The zero-order valence-corrected chi connectivity index (χ0v) is 11.4. The molecule has 3 heteroatoms. The Bertz CT molecular complexity index is 838. The smallest absolute Gasteiger partial charge is 0.338 e. The van der Waals surface area contributed by atoms with Gasteiger partial charge in [-0.3, -0.25) is 0 Å². The van der Waals surface area contributed by atoms with E-state index in [9.17, 15) is 4.79 Å². The molecule has 1 saturated heterocycles. The van der Waals surface area contributed by atoms with Crippen LogP contribution >= 0.6 is 0 Å². The summed E-state index contributed by atoms with van der Waals surface area (Å²) in [6.45, 7) is 0.794. The molecule has 0 saturated carbocycles. The van der Waals surface area contributed by atoms with Crippen LogP contribution < -0.4 is 0 Å². The molecule has 1 aliphatic rings. The van der Waals surface area contributed by atoms with Crippen molar-refractivity contribution in [1.82, 2.24) is 0 Å². The molecule has 3 aromatic rings. The maximum absolute atomic E-state index is 11.1. The van der Waals surface area contributed by atoms with Crippen LogP contribution in [0.1, 0.15) is 5.56 Å². The molecule has 0 N–H and O–H groups in total. The van der Waals surface area contributed by atoms with Crippen LogP contribution in [0.25, 0.3) is 21.5 Å². The number of esters is 1. The van der Waals surface area contributed by atoms with Crippen LogP contribution in [0.4, 0.5) is 0 Å². The Morgan fingerprint density at radius 3 is 2.48 bits per heavy atom. The molecule has 1 fully saturated rings. The van der Waals surface area contributed by atoms with Gasteiger partial charge in [0.05, 0.1) is 6.61 Å². The fourth-order valence-corrected chi connectivity index (χ4v) is 2.68. The third kappa shape index (κ3) is 2.16. The lowest BCUT2D eigenvalue weighted by Crippen LogP contribution is -2.42. The van der Waals surface area contributed by atoms with E-state index < -0.39 is 6.10 Å².